The maximum Gasteiger partial charge on any atom is 0.0208 e. The van der Waals surface area contributed by atoms with Crippen LogP contribution in [0.25, 0.3) is 0 Å². The van der Waals surface area contributed by atoms with E-state index in [1.54, 1.807) is 0 Å². The van der Waals surface area contributed by atoms with E-state index in [1.165, 1.54) is 11.1 Å². The third kappa shape index (κ3) is 3.60. The van der Waals surface area contributed by atoms with Crippen molar-refractivity contribution < 1.29 is 0 Å². The van der Waals surface area contributed by atoms with Crippen molar-refractivity contribution >= 4 is 0 Å². The average Bonchev–Trinajstić information content (AvgIpc) is 2.08. The molecular weight excluding hydrogens is 158 g/mol. The summed E-state index contributed by atoms with van der Waals surface area (Å²) in [5.41, 5.74) is 2.78. The summed E-state index contributed by atoms with van der Waals surface area (Å²) in [7, 11) is 0. The summed E-state index contributed by atoms with van der Waals surface area (Å²) >= 11 is 0. The minimum atomic E-state index is 0.726. The fraction of sp³-hybridized carbons (Fsp3) is 0.500. The Balaban J connectivity index is 2.41. The molecule has 13 heavy (non-hydrogen) atoms. The van der Waals surface area contributed by atoms with Crippen molar-refractivity contribution in [2.75, 3.05) is 6.54 Å². The maximum atomic E-state index is 3.44. The molecule has 0 fully saturated rings. The molecule has 0 aliphatic heterocycles. The minimum Gasteiger partial charge on any atom is -0.312 e. The van der Waals surface area contributed by atoms with Crippen molar-refractivity contribution in [3.8, 4) is 0 Å². The summed E-state index contributed by atoms with van der Waals surface area (Å²) in [4.78, 5) is 0. The molecule has 1 N–H and O–H groups in total. The highest BCUT2D eigenvalue weighted by atomic mass is 14.8. The van der Waals surface area contributed by atoms with Crippen LogP contribution in [0.2, 0.25) is 0 Å². The third-order valence-electron chi connectivity index (χ3n) is 2.13. The van der Waals surface area contributed by atoms with E-state index in [0.717, 1.165) is 19.0 Å². The van der Waals surface area contributed by atoms with Gasteiger partial charge in [0.05, 0.1) is 0 Å². The Morgan fingerprint density at radius 2 is 1.92 bits per heavy atom. The van der Waals surface area contributed by atoms with Crippen LogP contribution < -0.4 is 5.32 Å². The molecule has 0 heterocycles. The first-order valence-corrected chi connectivity index (χ1v) is 4.95. The topological polar surface area (TPSA) is 12.0 Å². The van der Waals surface area contributed by atoms with Crippen LogP contribution in [0.15, 0.2) is 24.3 Å². The number of benzene rings is 1. The molecule has 0 saturated carbocycles. The molecule has 0 saturated heterocycles. The van der Waals surface area contributed by atoms with E-state index in [4.69, 9.17) is 0 Å². The van der Waals surface area contributed by atoms with Crippen LogP contribution in [0.3, 0.4) is 0 Å². The second-order valence-corrected chi connectivity index (χ2v) is 3.95. The van der Waals surface area contributed by atoms with Gasteiger partial charge in [-0.2, -0.15) is 0 Å². The number of rotatable bonds is 4. The molecule has 0 unspecified atom stereocenters. The molecule has 1 nitrogen and oxygen atoms in total. The first kappa shape index (κ1) is 10.3. The number of nitrogens with one attached hydrogen (secondary N) is 1. The third-order valence-corrected chi connectivity index (χ3v) is 2.13. The summed E-state index contributed by atoms with van der Waals surface area (Å²) in [6, 6.07) is 8.52. The van der Waals surface area contributed by atoms with Crippen molar-refractivity contribution in [1.29, 1.82) is 0 Å². The maximum absolute atomic E-state index is 3.44. The Kier molecular flexibility index (Phi) is 3.97. The number of aryl methyl sites for hydroxylation is 1. The van der Waals surface area contributed by atoms with Gasteiger partial charge in [0.25, 0.3) is 0 Å². The number of hydrogen-bond donors (Lipinski definition) is 1. The lowest BCUT2D eigenvalue weighted by Crippen LogP contribution is -2.19. The largest absolute Gasteiger partial charge is 0.312 e. The first-order valence-electron chi connectivity index (χ1n) is 4.95. The summed E-state index contributed by atoms with van der Waals surface area (Å²) in [5, 5.41) is 3.44. The Morgan fingerprint density at radius 1 is 1.23 bits per heavy atom. The smallest absolute Gasteiger partial charge is 0.0208 e. The molecule has 0 amide bonds. The van der Waals surface area contributed by atoms with E-state index in [9.17, 15) is 0 Å². The van der Waals surface area contributed by atoms with Gasteiger partial charge in [-0.05, 0) is 30.5 Å². The van der Waals surface area contributed by atoms with Crippen LogP contribution in [0.5, 0.6) is 0 Å². The fourth-order valence-electron chi connectivity index (χ4n) is 1.30. The summed E-state index contributed by atoms with van der Waals surface area (Å²) in [6.45, 7) is 8.70. The Hall–Kier alpha value is -0.820. The van der Waals surface area contributed by atoms with Crippen LogP contribution in [0, 0.1) is 12.8 Å². The van der Waals surface area contributed by atoms with Gasteiger partial charge in [0.2, 0.25) is 0 Å². The zero-order chi connectivity index (χ0) is 9.68. The predicted octanol–water partition coefficient (Wildman–Crippen LogP) is 2.74. The van der Waals surface area contributed by atoms with E-state index in [-0.39, 0.29) is 0 Å². The van der Waals surface area contributed by atoms with Gasteiger partial charge in [-0.15, -0.1) is 0 Å². The highest BCUT2D eigenvalue weighted by Crippen LogP contribution is 2.06. The molecule has 0 aromatic heterocycles. The molecule has 1 rings (SSSR count). The zero-order valence-corrected chi connectivity index (χ0v) is 8.80. The lowest BCUT2D eigenvalue weighted by molar-refractivity contribution is 0.551. The van der Waals surface area contributed by atoms with Gasteiger partial charge in [0.15, 0.2) is 0 Å². The van der Waals surface area contributed by atoms with E-state index < -0.39 is 0 Å². The summed E-state index contributed by atoms with van der Waals surface area (Å²) in [5.74, 6) is 0.726. The first-order chi connectivity index (χ1) is 6.20. The van der Waals surface area contributed by atoms with Crippen molar-refractivity contribution in [1.82, 2.24) is 5.32 Å². The monoisotopic (exact) mass is 177 g/mol. The quantitative estimate of drug-likeness (QED) is 0.745. The molecule has 1 heteroatoms. The number of hydrogen-bond acceptors (Lipinski definition) is 1. The Bertz CT molecular complexity index is 253. The molecular formula is C12H19N. The molecule has 0 aliphatic rings. The molecule has 0 radical (unpaired) electrons. The van der Waals surface area contributed by atoms with Gasteiger partial charge in [-0.1, -0.05) is 38.1 Å². The second kappa shape index (κ2) is 5.03. The Labute approximate surface area is 81.2 Å². The van der Waals surface area contributed by atoms with Gasteiger partial charge < -0.3 is 5.32 Å². The van der Waals surface area contributed by atoms with Crippen LogP contribution in [-0.4, -0.2) is 6.54 Å². The lowest BCUT2D eigenvalue weighted by atomic mass is 10.1. The van der Waals surface area contributed by atoms with E-state index in [2.05, 4.69) is 50.4 Å². The van der Waals surface area contributed by atoms with Crippen LogP contribution in [0.4, 0.5) is 0 Å². The molecule has 1 aromatic carbocycles. The fourth-order valence-corrected chi connectivity index (χ4v) is 1.30. The van der Waals surface area contributed by atoms with Gasteiger partial charge >= 0.3 is 0 Å². The highest BCUT2D eigenvalue weighted by molar-refractivity contribution is 5.25. The SMILES string of the molecule is Cc1ccccc1CNCC(C)C. The van der Waals surface area contributed by atoms with Gasteiger partial charge in [0, 0.05) is 6.54 Å². The zero-order valence-electron chi connectivity index (χ0n) is 8.80. The standard InChI is InChI=1S/C12H19N/c1-10(2)8-13-9-12-7-5-4-6-11(12)3/h4-7,10,13H,8-9H2,1-3H3. The average molecular weight is 177 g/mol. The van der Waals surface area contributed by atoms with E-state index in [1.807, 2.05) is 0 Å². The van der Waals surface area contributed by atoms with E-state index >= 15 is 0 Å². The van der Waals surface area contributed by atoms with Crippen molar-refractivity contribution in [3.63, 3.8) is 0 Å². The van der Waals surface area contributed by atoms with Gasteiger partial charge in [-0.25, -0.2) is 0 Å². The van der Waals surface area contributed by atoms with Crippen molar-refractivity contribution in [3.05, 3.63) is 35.4 Å². The molecule has 0 bridgehead atoms. The predicted molar refractivity (Wildman–Crippen MR) is 57.7 cm³/mol. The lowest BCUT2D eigenvalue weighted by Gasteiger charge is -2.09. The molecule has 0 atom stereocenters. The van der Waals surface area contributed by atoms with Crippen LogP contribution in [-0.2, 0) is 6.54 Å². The van der Waals surface area contributed by atoms with E-state index in [0.29, 0.717) is 0 Å². The minimum absolute atomic E-state index is 0.726. The molecule has 1 aromatic rings. The summed E-state index contributed by atoms with van der Waals surface area (Å²) in [6.07, 6.45) is 0. The van der Waals surface area contributed by atoms with Crippen LogP contribution >= 0.6 is 0 Å². The molecule has 0 spiro atoms. The normalized spacial score (nSPS) is 10.8. The van der Waals surface area contributed by atoms with Gasteiger partial charge in [-0.3, -0.25) is 0 Å². The van der Waals surface area contributed by atoms with Crippen molar-refractivity contribution in [2.45, 2.75) is 27.3 Å². The summed E-state index contributed by atoms with van der Waals surface area (Å²) < 4.78 is 0. The Morgan fingerprint density at radius 3 is 2.54 bits per heavy atom. The highest BCUT2D eigenvalue weighted by Gasteiger charge is 1.96. The second-order valence-electron chi connectivity index (χ2n) is 3.95. The molecule has 0 aliphatic carbocycles. The van der Waals surface area contributed by atoms with Crippen molar-refractivity contribution in [2.24, 2.45) is 5.92 Å². The molecule has 72 valence electrons. The van der Waals surface area contributed by atoms with Crippen LogP contribution in [0.1, 0.15) is 25.0 Å². The van der Waals surface area contributed by atoms with Gasteiger partial charge in [0.1, 0.15) is 0 Å².